The lowest BCUT2D eigenvalue weighted by molar-refractivity contribution is 0.142. The summed E-state index contributed by atoms with van der Waals surface area (Å²) in [5.41, 5.74) is 5.83. The molecule has 1 aliphatic rings. The fraction of sp³-hybridized carbons (Fsp3) is 1.00. The van der Waals surface area contributed by atoms with Gasteiger partial charge in [0.15, 0.2) is 0 Å². The molecule has 0 amide bonds. The summed E-state index contributed by atoms with van der Waals surface area (Å²) >= 11 is 0. The Morgan fingerprint density at radius 1 is 1.46 bits per heavy atom. The Kier molecular flexibility index (Phi) is 4.20. The average molecular weight is 184 g/mol. The van der Waals surface area contributed by atoms with E-state index in [4.69, 9.17) is 5.73 Å². The Labute approximate surface area is 82.5 Å². The molecule has 2 heteroatoms. The molecule has 2 nitrogen and oxygen atoms in total. The van der Waals surface area contributed by atoms with Gasteiger partial charge >= 0.3 is 0 Å². The van der Waals surface area contributed by atoms with Crippen LogP contribution in [0.2, 0.25) is 0 Å². The normalized spacial score (nSPS) is 27.0. The number of rotatable bonds is 4. The predicted molar refractivity (Wildman–Crippen MR) is 57.7 cm³/mol. The highest BCUT2D eigenvalue weighted by Gasteiger charge is 2.29. The summed E-state index contributed by atoms with van der Waals surface area (Å²) in [6.07, 6.45) is 4.02. The first-order valence-corrected chi connectivity index (χ1v) is 5.66. The molecule has 0 aliphatic carbocycles. The SMILES string of the molecule is CCC1CCCN1C(CN)C(C)C. The van der Waals surface area contributed by atoms with E-state index >= 15 is 0 Å². The Morgan fingerprint density at radius 3 is 2.62 bits per heavy atom. The standard InChI is InChI=1S/C11H24N2/c1-4-10-6-5-7-13(10)11(8-12)9(2)3/h9-11H,4-8,12H2,1-3H3. The maximum Gasteiger partial charge on any atom is 0.0244 e. The highest BCUT2D eigenvalue weighted by Crippen LogP contribution is 2.24. The van der Waals surface area contributed by atoms with E-state index in [-0.39, 0.29) is 0 Å². The van der Waals surface area contributed by atoms with Gasteiger partial charge in [0.1, 0.15) is 0 Å². The summed E-state index contributed by atoms with van der Waals surface area (Å²) in [6.45, 7) is 8.93. The number of hydrogen-bond acceptors (Lipinski definition) is 2. The minimum absolute atomic E-state index is 0.604. The van der Waals surface area contributed by atoms with Crippen molar-refractivity contribution in [2.45, 2.75) is 52.1 Å². The lowest BCUT2D eigenvalue weighted by Crippen LogP contribution is -2.46. The summed E-state index contributed by atoms with van der Waals surface area (Å²) in [5, 5.41) is 0. The van der Waals surface area contributed by atoms with Crippen LogP contribution in [0.3, 0.4) is 0 Å². The van der Waals surface area contributed by atoms with Crippen molar-refractivity contribution in [1.82, 2.24) is 4.90 Å². The molecule has 0 aromatic rings. The van der Waals surface area contributed by atoms with Gasteiger partial charge in [0.05, 0.1) is 0 Å². The molecular formula is C11H24N2. The van der Waals surface area contributed by atoms with Gasteiger partial charge in [-0.25, -0.2) is 0 Å². The van der Waals surface area contributed by atoms with Gasteiger partial charge in [0.2, 0.25) is 0 Å². The van der Waals surface area contributed by atoms with Crippen LogP contribution in [-0.4, -0.2) is 30.1 Å². The zero-order valence-corrected chi connectivity index (χ0v) is 9.29. The first-order chi connectivity index (χ1) is 6.20. The molecule has 1 rings (SSSR count). The molecule has 1 fully saturated rings. The van der Waals surface area contributed by atoms with Gasteiger partial charge in [-0.15, -0.1) is 0 Å². The molecule has 1 heterocycles. The highest BCUT2D eigenvalue weighted by molar-refractivity contribution is 4.85. The van der Waals surface area contributed by atoms with E-state index in [2.05, 4.69) is 25.7 Å². The first kappa shape index (κ1) is 11.0. The summed E-state index contributed by atoms with van der Waals surface area (Å²) in [4.78, 5) is 2.63. The Hall–Kier alpha value is -0.0800. The first-order valence-electron chi connectivity index (χ1n) is 5.66. The minimum atomic E-state index is 0.604. The largest absolute Gasteiger partial charge is 0.329 e. The molecule has 0 bridgehead atoms. The minimum Gasteiger partial charge on any atom is -0.329 e. The van der Waals surface area contributed by atoms with Crippen molar-refractivity contribution in [2.75, 3.05) is 13.1 Å². The van der Waals surface area contributed by atoms with E-state index in [1.54, 1.807) is 0 Å². The lowest BCUT2D eigenvalue weighted by atomic mass is 10.0. The fourth-order valence-corrected chi connectivity index (χ4v) is 2.52. The van der Waals surface area contributed by atoms with Crippen LogP contribution in [0.25, 0.3) is 0 Å². The van der Waals surface area contributed by atoms with Crippen LogP contribution in [0.5, 0.6) is 0 Å². The topological polar surface area (TPSA) is 29.3 Å². The van der Waals surface area contributed by atoms with E-state index < -0.39 is 0 Å². The van der Waals surface area contributed by atoms with Crippen molar-refractivity contribution in [3.05, 3.63) is 0 Å². The van der Waals surface area contributed by atoms with Crippen molar-refractivity contribution >= 4 is 0 Å². The monoisotopic (exact) mass is 184 g/mol. The second kappa shape index (κ2) is 4.97. The van der Waals surface area contributed by atoms with Gasteiger partial charge < -0.3 is 5.73 Å². The molecule has 0 aromatic carbocycles. The third-order valence-electron chi connectivity index (χ3n) is 3.33. The molecule has 13 heavy (non-hydrogen) atoms. The van der Waals surface area contributed by atoms with E-state index in [0.29, 0.717) is 12.0 Å². The molecule has 1 saturated heterocycles. The van der Waals surface area contributed by atoms with Crippen molar-refractivity contribution in [2.24, 2.45) is 11.7 Å². The van der Waals surface area contributed by atoms with E-state index in [0.717, 1.165) is 12.6 Å². The zero-order chi connectivity index (χ0) is 9.84. The van der Waals surface area contributed by atoms with Crippen LogP contribution in [0, 0.1) is 5.92 Å². The molecule has 1 aliphatic heterocycles. The zero-order valence-electron chi connectivity index (χ0n) is 9.29. The second-order valence-electron chi connectivity index (χ2n) is 4.49. The molecule has 0 spiro atoms. The molecule has 0 saturated carbocycles. The van der Waals surface area contributed by atoms with Crippen LogP contribution in [0.4, 0.5) is 0 Å². The Morgan fingerprint density at radius 2 is 2.15 bits per heavy atom. The molecule has 2 atom stereocenters. The smallest absolute Gasteiger partial charge is 0.0244 e. The highest BCUT2D eigenvalue weighted by atomic mass is 15.2. The number of nitrogens with zero attached hydrogens (tertiary/aromatic N) is 1. The molecule has 78 valence electrons. The van der Waals surface area contributed by atoms with E-state index in [1.165, 1.54) is 25.8 Å². The van der Waals surface area contributed by atoms with Crippen LogP contribution < -0.4 is 5.73 Å². The summed E-state index contributed by atoms with van der Waals surface area (Å²) < 4.78 is 0. The lowest BCUT2D eigenvalue weighted by Gasteiger charge is -2.34. The van der Waals surface area contributed by atoms with Crippen LogP contribution >= 0.6 is 0 Å². The number of likely N-dealkylation sites (tertiary alicyclic amines) is 1. The van der Waals surface area contributed by atoms with Gasteiger partial charge in [-0.2, -0.15) is 0 Å². The third kappa shape index (κ3) is 2.44. The maximum atomic E-state index is 5.83. The van der Waals surface area contributed by atoms with Crippen molar-refractivity contribution in [3.8, 4) is 0 Å². The van der Waals surface area contributed by atoms with Gasteiger partial charge in [-0.1, -0.05) is 20.8 Å². The Balaban J connectivity index is 2.56. The molecule has 2 N–H and O–H groups in total. The third-order valence-corrected chi connectivity index (χ3v) is 3.33. The van der Waals surface area contributed by atoms with E-state index in [1.807, 2.05) is 0 Å². The number of nitrogens with two attached hydrogens (primary N) is 1. The van der Waals surface area contributed by atoms with Crippen LogP contribution in [0.15, 0.2) is 0 Å². The quantitative estimate of drug-likeness (QED) is 0.722. The Bertz CT molecular complexity index is 145. The predicted octanol–water partition coefficient (Wildman–Crippen LogP) is 1.84. The fourth-order valence-electron chi connectivity index (χ4n) is 2.52. The molecular weight excluding hydrogens is 160 g/mol. The van der Waals surface area contributed by atoms with Gasteiger partial charge in [0.25, 0.3) is 0 Å². The average Bonchev–Trinajstić information content (AvgIpc) is 2.53. The maximum absolute atomic E-state index is 5.83. The second-order valence-corrected chi connectivity index (χ2v) is 4.49. The molecule has 0 aromatic heterocycles. The van der Waals surface area contributed by atoms with E-state index in [9.17, 15) is 0 Å². The van der Waals surface area contributed by atoms with Crippen molar-refractivity contribution in [3.63, 3.8) is 0 Å². The van der Waals surface area contributed by atoms with Gasteiger partial charge in [-0.05, 0) is 31.7 Å². The number of hydrogen-bond donors (Lipinski definition) is 1. The van der Waals surface area contributed by atoms with Crippen molar-refractivity contribution in [1.29, 1.82) is 0 Å². The van der Waals surface area contributed by atoms with Crippen LogP contribution in [0.1, 0.15) is 40.0 Å². The van der Waals surface area contributed by atoms with Gasteiger partial charge in [-0.3, -0.25) is 4.90 Å². The van der Waals surface area contributed by atoms with Crippen molar-refractivity contribution < 1.29 is 0 Å². The summed E-state index contributed by atoms with van der Waals surface area (Å²) in [7, 11) is 0. The van der Waals surface area contributed by atoms with Gasteiger partial charge in [0, 0.05) is 18.6 Å². The summed E-state index contributed by atoms with van der Waals surface area (Å²) in [6, 6.07) is 1.41. The molecule has 2 unspecified atom stereocenters. The van der Waals surface area contributed by atoms with Crippen LogP contribution in [-0.2, 0) is 0 Å². The molecule has 0 radical (unpaired) electrons. The summed E-state index contributed by atoms with van der Waals surface area (Å²) in [5.74, 6) is 0.692.